The van der Waals surface area contributed by atoms with Crippen molar-refractivity contribution in [3.05, 3.63) is 113 Å². The highest BCUT2D eigenvalue weighted by Crippen LogP contribution is 2.43. The monoisotopic (exact) mass is 458 g/mol. The molecule has 4 aromatic rings. The van der Waals surface area contributed by atoms with Crippen LogP contribution in [0, 0.1) is 0 Å². The third-order valence-corrected chi connectivity index (χ3v) is 6.02. The minimum Gasteiger partial charge on any atom is -0.503 e. The predicted molar refractivity (Wildman–Crippen MR) is 122 cm³/mol. The molecular formula is C25H18N2O5S. The number of aliphatic hydroxyl groups is 1. The lowest BCUT2D eigenvalue weighted by Gasteiger charge is -2.24. The molecule has 33 heavy (non-hydrogen) atoms. The number of furan rings is 1. The van der Waals surface area contributed by atoms with E-state index in [4.69, 9.17) is 9.15 Å². The summed E-state index contributed by atoms with van der Waals surface area (Å²) in [7, 11) is 0. The van der Waals surface area contributed by atoms with E-state index in [-0.39, 0.29) is 11.3 Å². The number of ketones is 1. The number of aliphatic hydroxyl groups excluding tert-OH is 1. The van der Waals surface area contributed by atoms with Crippen molar-refractivity contribution in [1.82, 2.24) is 4.98 Å². The largest absolute Gasteiger partial charge is 0.503 e. The van der Waals surface area contributed by atoms with Crippen molar-refractivity contribution in [3.63, 3.8) is 0 Å². The first kappa shape index (κ1) is 20.7. The van der Waals surface area contributed by atoms with Crippen LogP contribution in [0.3, 0.4) is 0 Å². The highest BCUT2D eigenvalue weighted by Gasteiger charge is 2.46. The fourth-order valence-corrected chi connectivity index (χ4v) is 4.41. The summed E-state index contributed by atoms with van der Waals surface area (Å²) >= 11 is 1.24. The number of amides is 1. The van der Waals surface area contributed by atoms with Crippen LogP contribution in [0.25, 0.3) is 0 Å². The summed E-state index contributed by atoms with van der Waals surface area (Å²) in [5, 5.41) is 12.8. The van der Waals surface area contributed by atoms with Crippen LogP contribution >= 0.6 is 11.3 Å². The van der Waals surface area contributed by atoms with E-state index in [1.807, 2.05) is 30.3 Å². The number of rotatable bonds is 7. The highest BCUT2D eigenvalue weighted by molar-refractivity contribution is 7.13. The maximum absolute atomic E-state index is 13.2. The summed E-state index contributed by atoms with van der Waals surface area (Å²) in [6.45, 7) is 0.364. The van der Waals surface area contributed by atoms with Crippen molar-refractivity contribution in [1.29, 1.82) is 0 Å². The number of nitrogens with zero attached hydrogens (tertiary/aromatic N) is 2. The van der Waals surface area contributed by atoms with Gasteiger partial charge in [-0.25, -0.2) is 4.98 Å². The molecule has 1 aliphatic heterocycles. The van der Waals surface area contributed by atoms with Gasteiger partial charge in [-0.2, -0.15) is 0 Å². The van der Waals surface area contributed by atoms with Gasteiger partial charge in [0, 0.05) is 11.6 Å². The van der Waals surface area contributed by atoms with Gasteiger partial charge in [0.25, 0.3) is 5.91 Å². The van der Waals surface area contributed by atoms with Crippen molar-refractivity contribution in [2.24, 2.45) is 0 Å². The maximum atomic E-state index is 13.2. The lowest BCUT2D eigenvalue weighted by Crippen LogP contribution is -2.30. The molecule has 2 aromatic heterocycles. The number of benzene rings is 2. The second-order valence-electron chi connectivity index (χ2n) is 7.31. The molecule has 7 nitrogen and oxygen atoms in total. The Morgan fingerprint density at radius 3 is 2.70 bits per heavy atom. The third kappa shape index (κ3) is 3.92. The average molecular weight is 458 g/mol. The van der Waals surface area contributed by atoms with E-state index >= 15 is 0 Å². The number of Topliss-reactive ketones (excluding diaryl/α,β-unsaturated/α-hetero) is 1. The number of ether oxygens (including phenoxy) is 1. The van der Waals surface area contributed by atoms with Gasteiger partial charge < -0.3 is 14.3 Å². The molecule has 0 fully saturated rings. The number of anilines is 1. The third-order valence-electron chi connectivity index (χ3n) is 5.25. The van der Waals surface area contributed by atoms with Gasteiger partial charge in [-0.3, -0.25) is 14.5 Å². The SMILES string of the molecule is O=C(C1=C(O)C(=O)N(c2nccs2)C1c1cccc(OCc2ccccc2)c1)c1ccco1. The normalized spacial score (nSPS) is 15.8. The molecule has 8 heteroatoms. The molecule has 0 bridgehead atoms. The van der Waals surface area contributed by atoms with Gasteiger partial charge in [-0.05, 0) is 35.4 Å². The molecule has 0 radical (unpaired) electrons. The minimum absolute atomic E-state index is 0.0341. The zero-order chi connectivity index (χ0) is 22.8. The molecule has 5 rings (SSSR count). The first-order valence-corrected chi connectivity index (χ1v) is 11.0. The number of aromatic nitrogens is 1. The standard InChI is InChI=1S/C25H18N2O5S/c28-22(19-10-5-12-31-19)20-21(27(24(30)23(20)29)25-26-11-13-33-25)17-8-4-9-18(14-17)32-15-16-6-2-1-3-7-16/h1-14,21,29H,15H2. The molecular weight excluding hydrogens is 440 g/mol. The van der Waals surface area contributed by atoms with E-state index in [1.165, 1.54) is 28.6 Å². The van der Waals surface area contributed by atoms with Crippen LogP contribution in [-0.2, 0) is 11.4 Å². The second-order valence-corrected chi connectivity index (χ2v) is 8.18. The molecule has 0 saturated carbocycles. The Bertz CT molecular complexity index is 1310. The van der Waals surface area contributed by atoms with E-state index < -0.39 is 23.5 Å². The Kier molecular flexibility index (Phi) is 5.50. The average Bonchev–Trinajstić information content (AvgIpc) is 3.61. The number of carbonyl (C=O) groups excluding carboxylic acids is 2. The number of carbonyl (C=O) groups is 2. The molecule has 1 amide bonds. The van der Waals surface area contributed by atoms with Crippen LogP contribution in [0.4, 0.5) is 5.13 Å². The Morgan fingerprint density at radius 1 is 1.12 bits per heavy atom. The summed E-state index contributed by atoms with van der Waals surface area (Å²) in [6.07, 6.45) is 2.93. The Balaban J connectivity index is 1.53. The van der Waals surface area contributed by atoms with Crippen molar-refractivity contribution in [3.8, 4) is 5.75 Å². The summed E-state index contributed by atoms with van der Waals surface area (Å²) in [4.78, 5) is 31.8. The van der Waals surface area contributed by atoms with Gasteiger partial charge >= 0.3 is 0 Å². The molecule has 1 aliphatic rings. The van der Waals surface area contributed by atoms with Gasteiger partial charge in [0.2, 0.25) is 5.78 Å². The highest BCUT2D eigenvalue weighted by atomic mass is 32.1. The molecule has 1 atom stereocenters. The second kappa shape index (κ2) is 8.76. The van der Waals surface area contributed by atoms with E-state index in [9.17, 15) is 14.7 Å². The fraction of sp³-hybridized carbons (Fsp3) is 0.0800. The summed E-state index contributed by atoms with van der Waals surface area (Å²) < 4.78 is 11.2. The molecule has 1 N–H and O–H groups in total. The Labute approximate surface area is 193 Å². The van der Waals surface area contributed by atoms with Gasteiger partial charge in [0.15, 0.2) is 16.7 Å². The van der Waals surface area contributed by atoms with Gasteiger partial charge in [-0.1, -0.05) is 42.5 Å². The topological polar surface area (TPSA) is 92.9 Å². The van der Waals surface area contributed by atoms with Crippen LogP contribution in [0.15, 0.2) is 100 Å². The molecule has 3 heterocycles. The Hall–Kier alpha value is -4.17. The van der Waals surface area contributed by atoms with Gasteiger partial charge in [0.05, 0.1) is 17.9 Å². The summed E-state index contributed by atoms with van der Waals surface area (Å²) in [6, 6.07) is 19.0. The van der Waals surface area contributed by atoms with Crippen LogP contribution in [-0.4, -0.2) is 21.8 Å². The van der Waals surface area contributed by atoms with E-state index in [0.29, 0.717) is 23.1 Å². The number of hydrogen-bond donors (Lipinski definition) is 1. The lowest BCUT2D eigenvalue weighted by atomic mass is 9.95. The van der Waals surface area contributed by atoms with E-state index in [0.717, 1.165) is 5.56 Å². The number of thiazole rings is 1. The predicted octanol–water partition coefficient (Wildman–Crippen LogP) is 5.10. The van der Waals surface area contributed by atoms with Crippen LogP contribution in [0.2, 0.25) is 0 Å². The Morgan fingerprint density at radius 2 is 1.97 bits per heavy atom. The van der Waals surface area contributed by atoms with Crippen LogP contribution in [0.1, 0.15) is 27.7 Å². The quantitative estimate of drug-likeness (QED) is 0.388. The van der Waals surface area contributed by atoms with Crippen molar-refractivity contribution in [2.45, 2.75) is 12.6 Å². The van der Waals surface area contributed by atoms with Crippen molar-refractivity contribution in [2.75, 3.05) is 4.90 Å². The van der Waals surface area contributed by atoms with Gasteiger partial charge in [0.1, 0.15) is 12.4 Å². The summed E-state index contributed by atoms with van der Waals surface area (Å²) in [5.74, 6) is -1.27. The molecule has 2 aromatic carbocycles. The van der Waals surface area contributed by atoms with Crippen molar-refractivity contribution < 1.29 is 23.8 Å². The molecule has 1 unspecified atom stereocenters. The zero-order valence-electron chi connectivity index (χ0n) is 17.3. The first-order valence-electron chi connectivity index (χ1n) is 10.1. The molecule has 0 saturated heterocycles. The van der Waals surface area contributed by atoms with E-state index in [1.54, 1.807) is 41.9 Å². The molecule has 0 spiro atoms. The molecule has 164 valence electrons. The maximum Gasteiger partial charge on any atom is 0.296 e. The van der Waals surface area contributed by atoms with Gasteiger partial charge in [-0.15, -0.1) is 11.3 Å². The fourth-order valence-electron chi connectivity index (χ4n) is 3.74. The smallest absolute Gasteiger partial charge is 0.296 e. The molecule has 0 aliphatic carbocycles. The van der Waals surface area contributed by atoms with Crippen LogP contribution < -0.4 is 9.64 Å². The van der Waals surface area contributed by atoms with Crippen LogP contribution in [0.5, 0.6) is 5.75 Å². The van der Waals surface area contributed by atoms with Crippen molar-refractivity contribution >= 4 is 28.2 Å². The van der Waals surface area contributed by atoms with E-state index in [2.05, 4.69) is 4.98 Å². The summed E-state index contributed by atoms with van der Waals surface area (Å²) in [5.41, 5.74) is 1.54. The zero-order valence-corrected chi connectivity index (χ0v) is 18.1. The lowest BCUT2D eigenvalue weighted by molar-refractivity contribution is -0.117. The number of hydrogen-bond acceptors (Lipinski definition) is 7. The first-order chi connectivity index (χ1) is 16.1. The minimum atomic E-state index is -0.887.